The van der Waals surface area contributed by atoms with E-state index in [0.717, 1.165) is 0 Å². The first-order valence-electron chi connectivity index (χ1n) is 7.84. The molecule has 0 unspecified atom stereocenters. The number of hydrogen-bond acceptors (Lipinski definition) is 4. The Bertz CT molecular complexity index is 951. The van der Waals surface area contributed by atoms with Crippen LogP contribution in [-0.4, -0.2) is 27.0 Å². The SMILES string of the molecule is CCOc1ccc(S(=O)(=O)N[C@@H](C)C(=O)Nc2ccc(Cl)cc2Cl)cc1Cl. The van der Waals surface area contributed by atoms with E-state index in [1.54, 1.807) is 13.0 Å². The molecule has 0 aliphatic heterocycles. The number of anilines is 1. The fourth-order valence-corrected chi connectivity index (χ4v) is 4.09. The van der Waals surface area contributed by atoms with E-state index < -0.39 is 22.0 Å². The summed E-state index contributed by atoms with van der Waals surface area (Å²) in [7, 11) is -3.97. The van der Waals surface area contributed by atoms with Crippen LogP contribution >= 0.6 is 34.8 Å². The molecule has 0 aromatic heterocycles. The molecule has 0 fully saturated rings. The molecule has 1 amide bonds. The number of amides is 1. The summed E-state index contributed by atoms with van der Waals surface area (Å²) < 4.78 is 32.6. The van der Waals surface area contributed by atoms with Crippen molar-refractivity contribution in [2.45, 2.75) is 24.8 Å². The smallest absolute Gasteiger partial charge is 0.242 e. The van der Waals surface area contributed by atoms with Gasteiger partial charge in [-0.1, -0.05) is 34.8 Å². The lowest BCUT2D eigenvalue weighted by atomic mass is 10.3. The molecule has 2 N–H and O–H groups in total. The number of ether oxygens (including phenoxy) is 1. The van der Waals surface area contributed by atoms with E-state index in [9.17, 15) is 13.2 Å². The number of sulfonamides is 1. The molecule has 0 saturated carbocycles. The van der Waals surface area contributed by atoms with Crippen molar-refractivity contribution in [3.8, 4) is 5.75 Å². The fraction of sp³-hybridized carbons (Fsp3) is 0.235. The largest absolute Gasteiger partial charge is 0.492 e. The van der Waals surface area contributed by atoms with E-state index in [2.05, 4.69) is 10.0 Å². The molecule has 27 heavy (non-hydrogen) atoms. The van der Waals surface area contributed by atoms with Crippen molar-refractivity contribution >= 4 is 56.4 Å². The van der Waals surface area contributed by atoms with Crippen LogP contribution in [0, 0.1) is 0 Å². The van der Waals surface area contributed by atoms with Gasteiger partial charge in [-0.3, -0.25) is 4.79 Å². The molecule has 0 aliphatic rings. The van der Waals surface area contributed by atoms with Crippen LogP contribution in [0.5, 0.6) is 5.75 Å². The molecular weight excluding hydrogens is 435 g/mol. The molecule has 2 rings (SSSR count). The number of benzene rings is 2. The maximum absolute atomic E-state index is 12.5. The minimum atomic E-state index is -3.97. The van der Waals surface area contributed by atoms with Gasteiger partial charge in [-0.2, -0.15) is 4.72 Å². The third-order valence-corrected chi connectivity index (χ3v) is 5.81. The zero-order chi connectivity index (χ0) is 20.2. The number of carbonyl (C=O) groups excluding carboxylic acids is 1. The lowest BCUT2D eigenvalue weighted by Gasteiger charge is -2.16. The van der Waals surface area contributed by atoms with E-state index in [4.69, 9.17) is 39.5 Å². The van der Waals surface area contributed by atoms with Crippen molar-refractivity contribution in [2.75, 3.05) is 11.9 Å². The summed E-state index contributed by atoms with van der Waals surface area (Å²) >= 11 is 17.8. The summed E-state index contributed by atoms with van der Waals surface area (Å²) in [4.78, 5) is 12.2. The molecule has 0 saturated heterocycles. The van der Waals surface area contributed by atoms with Gasteiger partial charge in [0.1, 0.15) is 5.75 Å². The van der Waals surface area contributed by atoms with Gasteiger partial charge in [-0.05, 0) is 50.2 Å². The van der Waals surface area contributed by atoms with E-state index in [1.165, 1.54) is 37.3 Å². The van der Waals surface area contributed by atoms with Crippen LogP contribution in [0.2, 0.25) is 15.1 Å². The summed E-state index contributed by atoms with van der Waals surface area (Å²) in [6, 6.07) is 7.55. The van der Waals surface area contributed by atoms with Crippen LogP contribution in [0.25, 0.3) is 0 Å². The average Bonchev–Trinajstić information content (AvgIpc) is 2.58. The van der Waals surface area contributed by atoms with E-state index in [1.807, 2.05) is 0 Å². The first-order valence-corrected chi connectivity index (χ1v) is 10.5. The van der Waals surface area contributed by atoms with Crippen LogP contribution in [0.4, 0.5) is 5.69 Å². The highest BCUT2D eigenvalue weighted by Crippen LogP contribution is 2.28. The maximum Gasteiger partial charge on any atom is 0.242 e. The van der Waals surface area contributed by atoms with E-state index in [-0.39, 0.29) is 14.9 Å². The van der Waals surface area contributed by atoms with Gasteiger partial charge in [0.15, 0.2) is 0 Å². The maximum atomic E-state index is 12.5. The van der Waals surface area contributed by atoms with Crippen molar-refractivity contribution in [2.24, 2.45) is 0 Å². The van der Waals surface area contributed by atoms with E-state index in [0.29, 0.717) is 23.1 Å². The molecule has 0 bridgehead atoms. The molecule has 2 aromatic rings. The second-order valence-electron chi connectivity index (χ2n) is 5.48. The van der Waals surface area contributed by atoms with Crippen molar-refractivity contribution in [3.63, 3.8) is 0 Å². The quantitative estimate of drug-likeness (QED) is 0.655. The second-order valence-corrected chi connectivity index (χ2v) is 8.45. The monoisotopic (exact) mass is 450 g/mol. The third-order valence-electron chi connectivity index (χ3n) is 3.43. The van der Waals surface area contributed by atoms with Crippen LogP contribution in [0.15, 0.2) is 41.3 Å². The number of carbonyl (C=O) groups is 1. The average molecular weight is 452 g/mol. The molecule has 2 aromatic carbocycles. The topological polar surface area (TPSA) is 84.5 Å². The molecule has 1 atom stereocenters. The molecule has 10 heteroatoms. The zero-order valence-electron chi connectivity index (χ0n) is 14.4. The molecule has 6 nitrogen and oxygen atoms in total. The van der Waals surface area contributed by atoms with Crippen molar-refractivity contribution < 1.29 is 17.9 Å². The van der Waals surface area contributed by atoms with Gasteiger partial charge < -0.3 is 10.1 Å². The molecule has 0 radical (unpaired) electrons. The predicted molar refractivity (Wildman–Crippen MR) is 107 cm³/mol. The van der Waals surface area contributed by atoms with Crippen LogP contribution in [0.3, 0.4) is 0 Å². The first kappa shape index (κ1) is 21.8. The molecule has 0 aliphatic carbocycles. The standard InChI is InChI=1S/C17H17Cl3N2O4S/c1-3-26-16-7-5-12(9-14(16)20)27(24,25)22-10(2)17(23)21-15-6-4-11(18)8-13(15)19/h4-10,22H,3H2,1-2H3,(H,21,23)/t10-/m0/s1. The highest BCUT2D eigenvalue weighted by atomic mass is 35.5. The first-order chi connectivity index (χ1) is 12.6. The Morgan fingerprint density at radius 2 is 1.81 bits per heavy atom. The Balaban J connectivity index is 2.12. The molecule has 0 spiro atoms. The number of hydrogen-bond donors (Lipinski definition) is 2. The predicted octanol–water partition coefficient (Wildman–Crippen LogP) is 4.35. The zero-order valence-corrected chi connectivity index (χ0v) is 17.5. The Kier molecular flexibility index (Phi) is 7.36. The van der Waals surface area contributed by atoms with Crippen LogP contribution in [0.1, 0.15) is 13.8 Å². The summed E-state index contributed by atoms with van der Waals surface area (Å²) in [6.45, 7) is 3.59. The Morgan fingerprint density at radius 1 is 1.11 bits per heavy atom. The lowest BCUT2D eigenvalue weighted by Crippen LogP contribution is -2.41. The van der Waals surface area contributed by atoms with Crippen molar-refractivity contribution in [1.82, 2.24) is 4.72 Å². The minimum Gasteiger partial charge on any atom is -0.492 e. The van der Waals surface area contributed by atoms with Gasteiger partial charge >= 0.3 is 0 Å². The van der Waals surface area contributed by atoms with Gasteiger partial charge in [0, 0.05) is 5.02 Å². The fourth-order valence-electron chi connectivity index (χ4n) is 2.11. The Morgan fingerprint density at radius 3 is 2.41 bits per heavy atom. The summed E-state index contributed by atoms with van der Waals surface area (Å²) in [5.41, 5.74) is 0.321. The van der Waals surface area contributed by atoms with Crippen LogP contribution < -0.4 is 14.8 Å². The molecule has 0 heterocycles. The Labute approximate surface area is 172 Å². The Hall–Kier alpha value is -1.51. The minimum absolute atomic E-state index is 0.0832. The van der Waals surface area contributed by atoms with Gasteiger partial charge in [0.2, 0.25) is 15.9 Å². The van der Waals surface area contributed by atoms with Crippen LogP contribution in [-0.2, 0) is 14.8 Å². The van der Waals surface area contributed by atoms with Gasteiger partial charge in [-0.15, -0.1) is 0 Å². The number of nitrogens with one attached hydrogen (secondary N) is 2. The summed E-state index contributed by atoms with van der Waals surface area (Å²) in [5, 5.41) is 3.36. The van der Waals surface area contributed by atoms with Gasteiger partial charge in [0.05, 0.1) is 33.3 Å². The number of rotatable bonds is 7. The summed E-state index contributed by atoms with van der Waals surface area (Å²) in [5.74, 6) is -0.207. The third kappa shape index (κ3) is 5.73. The molecule has 146 valence electrons. The lowest BCUT2D eigenvalue weighted by molar-refractivity contribution is -0.117. The molecular formula is C17H17Cl3N2O4S. The van der Waals surface area contributed by atoms with Crippen molar-refractivity contribution in [3.05, 3.63) is 51.5 Å². The van der Waals surface area contributed by atoms with E-state index >= 15 is 0 Å². The van der Waals surface area contributed by atoms with Crippen molar-refractivity contribution in [1.29, 1.82) is 0 Å². The number of halogens is 3. The summed E-state index contributed by atoms with van der Waals surface area (Å²) in [6.07, 6.45) is 0. The highest BCUT2D eigenvalue weighted by molar-refractivity contribution is 7.89. The highest BCUT2D eigenvalue weighted by Gasteiger charge is 2.23. The van der Waals surface area contributed by atoms with Gasteiger partial charge in [0.25, 0.3) is 0 Å². The van der Waals surface area contributed by atoms with Gasteiger partial charge in [-0.25, -0.2) is 8.42 Å². The normalized spacial score (nSPS) is 12.5. The second kappa shape index (κ2) is 9.12.